The number of rotatable bonds is 7. The van der Waals surface area contributed by atoms with Gasteiger partial charge in [0, 0.05) is 37.5 Å². The van der Waals surface area contributed by atoms with E-state index in [1.165, 1.54) is 19.3 Å². The van der Waals surface area contributed by atoms with Crippen molar-refractivity contribution < 1.29 is 9.53 Å². The Kier molecular flexibility index (Phi) is 5.27. The van der Waals surface area contributed by atoms with Gasteiger partial charge in [0.05, 0.1) is 23.7 Å². The fourth-order valence-electron chi connectivity index (χ4n) is 4.24. The number of H-pyrrole nitrogens is 1. The Morgan fingerprint density at radius 2 is 2.19 bits per heavy atom. The summed E-state index contributed by atoms with van der Waals surface area (Å²) in [6, 6.07) is 7.81. The number of ether oxygens (including phenoxy) is 1. The molecule has 0 bridgehead atoms. The lowest BCUT2D eigenvalue weighted by Gasteiger charge is -2.25. The molecular weight excluding hydrogens is 406 g/mol. The van der Waals surface area contributed by atoms with Crippen molar-refractivity contribution in [2.45, 2.75) is 32.1 Å². The zero-order valence-electron chi connectivity index (χ0n) is 17.9. The molecule has 1 saturated heterocycles. The lowest BCUT2D eigenvalue weighted by atomic mass is 9.85. The molecule has 3 heterocycles. The third kappa shape index (κ3) is 3.68. The number of amides is 1. The first-order valence-electron chi connectivity index (χ1n) is 10.9. The molecule has 0 atom stereocenters. The summed E-state index contributed by atoms with van der Waals surface area (Å²) in [7, 11) is 1.59. The van der Waals surface area contributed by atoms with Gasteiger partial charge in [0.2, 0.25) is 11.9 Å². The molecule has 0 unspecified atom stereocenters. The highest BCUT2D eigenvalue weighted by atomic mass is 16.5. The van der Waals surface area contributed by atoms with Crippen LogP contribution in [0.15, 0.2) is 24.4 Å². The quantitative estimate of drug-likeness (QED) is 0.519. The number of hydrogen-bond acceptors (Lipinski definition) is 7. The van der Waals surface area contributed by atoms with Crippen LogP contribution in [0.25, 0.3) is 11.0 Å². The van der Waals surface area contributed by atoms with Gasteiger partial charge in [-0.05, 0) is 37.3 Å². The van der Waals surface area contributed by atoms with Crippen molar-refractivity contribution in [1.29, 1.82) is 5.26 Å². The Morgan fingerprint density at radius 3 is 2.88 bits per heavy atom. The largest absolute Gasteiger partial charge is 0.494 e. The number of methoxy groups -OCH3 is 1. The molecular formula is C23H25N7O2. The maximum absolute atomic E-state index is 12.1. The highest BCUT2D eigenvalue weighted by Crippen LogP contribution is 2.34. The third-order valence-corrected chi connectivity index (χ3v) is 6.25. The van der Waals surface area contributed by atoms with Crippen LogP contribution in [-0.4, -0.2) is 41.1 Å². The summed E-state index contributed by atoms with van der Waals surface area (Å²) in [5.74, 6) is 2.40. The number of carbonyl (C=O) groups excluding carboxylic acids is 1. The van der Waals surface area contributed by atoms with Crippen LogP contribution in [-0.2, 0) is 4.79 Å². The molecule has 1 amide bonds. The Morgan fingerprint density at radius 1 is 1.31 bits per heavy atom. The first-order chi connectivity index (χ1) is 15.7. The van der Waals surface area contributed by atoms with E-state index in [0.29, 0.717) is 52.1 Å². The summed E-state index contributed by atoms with van der Waals surface area (Å²) < 4.78 is 5.57. The third-order valence-electron chi connectivity index (χ3n) is 6.25. The summed E-state index contributed by atoms with van der Waals surface area (Å²) in [6.07, 6.45) is 6.80. The normalized spacial score (nSPS) is 16.1. The number of fused-ring (bicyclic) bond motifs is 1. The second-order valence-electron chi connectivity index (χ2n) is 8.27. The maximum Gasteiger partial charge on any atom is 0.231 e. The van der Waals surface area contributed by atoms with Crippen molar-refractivity contribution in [2.75, 3.05) is 35.7 Å². The number of aromatic amines is 1. The van der Waals surface area contributed by atoms with E-state index >= 15 is 0 Å². The Balaban J connectivity index is 1.45. The van der Waals surface area contributed by atoms with Crippen molar-refractivity contribution >= 4 is 40.1 Å². The first kappa shape index (κ1) is 20.1. The number of anilines is 4. The van der Waals surface area contributed by atoms with Crippen LogP contribution in [0.5, 0.6) is 5.75 Å². The Bertz CT molecular complexity index is 1210. The van der Waals surface area contributed by atoms with E-state index in [2.05, 4.69) is 31.7 Å². The molecule has 164 valence electrons. The van der Waals surface area contributed by atoms with Crippen molar-refractivity contribution in [3.05, 3.63) is 30.0 Å². The predicted octanol–water partition coefficient (Wildman–Crippen LogP) is 3.92. The van der Waals surface area contributed by atoms with E-state index in [0.717, 1.165) is 25.2 Å². The highest BCUT2D eigenvalue weighted by molar-refractivity contribution is 5.96. The van der Waals surface area contributed by atoms with E-state index in [1.54, 1.807) is 18.2 Å². The number of hydrogen-bond donors (Lipinski definition) is 3. The molecule has 0 radical (unpaired) electrons. The lowest BCUT2D eigenvalue weighted by Crippen LogP contribution is -2.23. The van der Waals surface area contributed by atoms with Gasteiger partial charge in [-0.1, -0.05) is 6.42 Å². The molecule has 32 heavy (non-hydrogen) atoms. The van der Waals surface area contributed by atoms with Crippen LogP contribution in [0.4, 0.5) is 23.1 Å². The Labute approximate surface area is 185 Å². The van der Waals surface area contributed by atoms with Crippen LogP contribution in [0.3, 0.4) is 0 Å². The van der Waals surface area contributed by atoms with Crippen molar-refractivity contribution in [3.8, 4) is 11.8 Å². The molecule has 1 aliphatic carbocycles. The van der Waals surface area contributed by atoms with E-state index < -0.39 is 0 Å². The van der Waals surface area contributed by atoms with E-state index in [4.69, 9.17) is 4.74 Å². The number of nitriles is 1. The fraction of sp³-hybridized carbons (Fsp3) is 0.391. The topological polar surface area (TPSA) is 119 Å². The standard InChI is InChI=1S/C23H25N7O2/c1-32-18-10-16(30-9-3-6-19(30)31)7-8-17(18)27-23-28-21(25-12-14-4-2-5-14)20-15(11-24)13-26-22(20)29-23/h7-8,10,13-14H,2-6,9,12H2,1H3,(H3,25,26,27,28,29). The minimum Gasteiger partial charge on any atom is -0.494 e. The molecule has 2 aromatic heterocycles. The van der Waals surface area contributed by atoms with Crippen molar-refractivity contribution in [1.82, 2.24) is 15.0 Å². The SMILES string of the molecule is COc1cc(N2CCCC2=O)ccc1Nc1nc(NCC2CCC2)c2c(C#N)c[nH]c2n1. The molecule has 2 aliphatic rings. The van der Waals surface area contributed by atoms with Crippen LogP contribution in [0.2, 0.25) is 0 Å². The molecule has 1 aromatic carbocycles. The second kappa shape index (κ2) is 8.38. The molecule has 0 spiro atoms. The van der Waals surface area contributed by atoms with Gasteiger partial charge in [-0.2, -0.15) is 15.2 Å². The van der Waals surface area contributed by atoms with Gasteiger partial charge in [-0.3, -0.25) is 4.79 Å². The van der Waals surface area contributed by atoms with Gasteiger partial charge < -0.3 is 25.3 Å². The molecule has 1 aliphatic heterocycles. The Hall–Kier alpha value is -3.80. The van der Waals surface area contributed by atoms with Gasteiger partial charge in [0.15, 0.2) is 0 Å². The number of nitrogens with one attached hydrogen (secondary N) is 3. The molecule has 9 nitrogen and oxygen atoms in total. The average Bonchev–Trinajstić information content (AvgIpc) is 3.38. The number of benzene rings is 1. The average molecular weight is 432 g/mol. The predicted molar refractivity (Wildman–Crippen MR) is 122 cm³/mol. The zero-order valence-corrected chi connectivity index (χ0v) is 17.9. The molecule has 9 heteroatoms. The van der Waals surface area contributed by atoms with Gasteiger partial charge in [0.1, 0.15) is 23.3 Å². The number of nitrogens with zero attached hydrogens (tertiary/aromatic N) is 4. The highest BCUT2D eigenvalue weighted by Gasteiger charge is 2.23. The first-order valence-corrected chi connectivity index (χ1v) is 10.9. The van der Waals surface area contributed by atoms with Gasteiger partial charge in [-0.15, -0.1) is 0 Å². The summed E-state index contributed by atoms with van der Waals surface area (Å²) in [5, 5.41) is 16.8. The number of carbonyl (C=O) groups is 1. The summed E-state index contributed by atoms with van der Waals surface area (Å²) in [4.78, 5) is 26.2. The van der Waals surface area contributed by atoms with E-state index in [1.807, 2.05) is 18.2 Å². The summed E-state index contributed by atoms with van der Waals surface area (Å²) in [6.45, 7) is 1.54. The van der Waals surface area contributed by atoms with Gasteiger partial charge >= 0.3 is 0 Å². The zero-order chi connectivity index (χ0) is 22.1. The lowest BCUT2D eigenvalue weighted by molar-refractivity contribution is -0.117. The molecule has 3 N–H and O–H groups in total. The second-order valence-corrected chi connectivity index (χ2v) is 8.27. The van der Waals surface area contributed by atoms with E-state index in [9.17, 15) is 10.1 Å². The van der Waals surface area contributed by atoms with E-state index in [-0.39, 0.29) is 5.91 Å². The minimum absolute atomic E-state index is 0.128. The monoisotopic (exact) mass is 431 g/mol. The summed E-state index contributed by atoms with van der Waals surface area (Å²) in [5.41, 5.74) is 2.62. The van der Waals surface area contributed by atoms with Crippen molar-refractivity contribution in [2.24, 2.45) is 5.92 Å². The van der Waals surface area contributed by atoms with Crippen LogP contribution in [0.1, 0.15) is 37.7 Å². The molecule has 5 rings (SSSR count). The minimum atomic E-state index is 0.128. The van der Waals surface area contributed by atoms with Crippen LogP contribution in [0, 0.1) is 17.2 Å². The molecule has 1 saturated carbocycles. The molecule has 3 aromatic rings. The smallest absolute Gasteiger partial charge is 0.231 e. The van der Waals surface area contributed by atoms with Crippen LogP contribution >= 0.6 is 0 Å². The fourth-order valence-corrected chi connectivity index (χ4v) is 4.24. The van der Waals surface area contributed by atoms with Crippen molar-refractivity contribution in [3.63, 3.8) is 0 Å². The van der Waals surface area contributed by atoms with Gasteiger partial charge in [-0.25, -0.2) is 0 Å². The van der Waals surface area contributed by atoms with Gasteiger partial charge in [0.25, 0.3) is 0 Å². The molecule has 2 fully saturated rings. The number of aromatic nitrogens is 3. The maximum atomic E-state index is 12.1. The summed E-state index contributed by atoms with van der Waals surface area (Å²) >= 11 is 0. The van der Waals surface area contributed by atoms with Crippen LogP contribution < -0.4 is 20.3 Å².